The Kier molecular flexibility index (Phi) is 8.19. The van der Waals surface area contributed by atoms with E-state index in [1.807, 2.05) is 0 Å². The van der Waals surface area contributed by atoms with Gasteiger partial charge < -0.3 is 22.9 Å². The molecule has 5 nitrogen and oxygen atoms in total. The molecule has 0 aliphatic carbocycles. The molecule has 0 radical (unpaired) electrons. The van der Waals surface area contributed by atoms with E-state index < -0.39 is 8.80 Å². The van der Waals surface area contributed by atoms with Crippen molar-refractivity contribution in [3.05, 3.63) is 0 Å². The lowest BCUT2D eigenvalue weighted by molar-refractivity contribution is -0.890. The monoisotopic (exact) mass is 266 g/mol. The summed E-state index contributed by atoms with van der Waals surface area (Å²) in [5, 5.41) is 8.84. The molecule has 17 heavy (non-hydrogen) atoms. The molecule has 0 saturated carbocycles. The molecule has 0 fully saturated rings. The van der Waals surface area contributed by atoms with Crippen molar-refractivity contribution in [2.45, 2.75) is 18.9 Å². The molecule has 104 valence electrons. The van der Waals surface area contributed by atoms with Crippen LogP contribution in [0.2, 0.25) is 6.04 Å². The van der Waals surface area contributed by atoms with Crippen LogP contribution in [0.15, 0.2) is 0 Å². The Bertz CT molecular complexity index is 190. The van der Waals surface area contributed by atoms with Crippen molar-refractivity contribution in [2.75, 3.05) is 55.1 Å². The molecule has 0 aromatic rings. The highest BCUT2D eigenvalue weighted by molar-refractivity contribution is 6.60. The Hall–Kier alpha value is 0.0169. The smallest absolute Gasteiger partial charge is 0.396 e. The van der Waals surface area contributed by atoms with Crippen LogP contribution in [-0.4, -0.2) is 73.5 Å². The van der Waals surface area contributed by atoms with Crippen molar-refractivity contribution in [2.24, 2.45) is 0 Å². The number of rotatable bonds is 10. The lowest BCUT2D eigenvalue weighted by Crippen LogP contribution is -2.46. The van der Waals surface area contributed by atoms with E-state index in [-0.39, 0.29) is 6.61 Å². The lowest BCUT2D eigenvalue weighted by atomic mass is 10.3. The minimum Gasteiger partial charge on any atom is -0.396 e. The molecule has 1 N–H and O–H groups in total. The molecule has 0 atom stereocenters. The molecule has 0 unspecified atom stereocenters. The molecular weight excluding hydrogens is 238 g/mol. The summed E-state index contributed by atoms with van der Waals surface area (Å²) in [5.74, 6) is 0. The number of aliphatic hydroxyl groups is 1. The Balaban J connectivity index is 4.02. The van der Waals surface area contributed by atoms with Gasteiger partial charge in [-0.05, 0) is 0 Å². The summed E-state index contributed by atoms with van der Waals surface area (Å²) >= 11 is 0. The van der Waals surface area contributed by atoms with Gasteiger partial charge in [0, 0.05) is 46.8 Å². The van der Waals surface area contributed by atoms with Crippen LogP contribution in [-0.2, 0) is 13.3 Å². The van der Waals surface area contributed by atoms with Crippen molar-refractivity contribution >= 4 is 8.80 Å². The van der Waals surface area contributed by atoms with Crippen molar-refractivity contribution in [1.82, 2.24) is 0 Å². The molecule has 0 heterocycles. The molecule has 0 aromatic carbocycles. The van der Waals surface area contributed by atoms with Gasteiger partial charge in [0.25, 0.3) is 0 Å². The number of hydrogen-bond acceptors (Lipinski definition) is 4. The van der Waals surface area contributed by atoms with Gasteiger partial charge in [-0.25, -0.2) is 0 Å². The zero-order valence-corrected chi connectivity index (χ0v) is 12.9. The van der Waals surface area contributed by atoms with E-state index in [0.29, 0.717) is 0 Å². The maximum absolute atomic E-state index is 8.84. The predicted octanol–water partition coefficient (Wildman–Crippen LogP) is 0.713. The first-order valence-electron chi connectivity index (χ1n) is 6.03. The summed E-state index contributed by atoms with van der Waals surface area (Å²) in [6.45, 7) is 2.28. The summed E-state index contributed by atoms with van der Waals surface area (Å²) in [6.07, 6.45) is 1.84. The Morgan fingerprint density at radius 3 is 1.82 bits per heavy atom. The second-order valence-electron chi connectivity index (χ2n) is 4.86. The quantitative estimate of drug-likeness (QED) is 0.467. The molecule has 0 rings (SSSR count). The summed E-state index contributed by atoms with van der Waals surface area (Å²) in [5.41, 5.74) is 0. The Labute approximate surface area is 106 Å². The van der Waals surface area contributed by atoms with Gasteiger partial charge >= 0.3 is 8.80 Å². The first-order chi connectivity index (χ1) is 7.95. The van der Waals surface area contributed by atoms with Gasteiger partial charge in [0.2, 0.25) is 0 Å². The van der Waals surface area contributed by atoms with E-state index in [1.54, 1.807) is 21.3 Å². The predicted molar refractivity (Wildman–Crippen MR) is 69.8 cm³/mol. The van der Waals surface area contributed by atoms with Gasteiger partial charge in [-0.15, -0.1) is 0 Å². The van der Waals surface area contributed by atoms with Crippen LogP contribution >= 0.6 is 0 Å². The summed E-state index contributed by atoms with van der Waals surface area (Å²) in [4.78, 5) is 0. The van der Waals surface area contributed by atoms with Gasteiger partial charge in [0.1, 0.15) is 0 Å². The van der Waals surface area contributed by atoms with Crippen molar-refractivity contribution < 1.29 is 22.9 Å². The third-order valence-electron chi connectivity index (χ3n) is 3.10. The van der Waals surface area contributed by atoms with Gasteiger partial charge in [0.05, 0.1) is 27.2 Å². The average Bonchev–Trinajstić information content (AvgIpc) is 2.33. The van der Waals surface area contributed by atoms with E-state index in [9.17, 15) is 0 Å². The zero-order valence-electron chi connectivity index (χ0n) is 11.9. The number of quaternary nitrogens is 1. The summed E-state index contributed by atoms with van der Waals surface area (Å²) in [7, 11) is 6.87. The molecule has 0 aliphatic rings. The SMILES string of the molecule is CO[Si](CCC[N+](C)(C)CCCO)(OC)OC. The largest absolute Gasteiger partial charge is 0.500 e. The third-order valence-corrected chi connectivity index (χ3v) is 5.93. The van der Waals surface area contributed by atoms with Crippen molar-refractivity contribution in [3.8, 4) is 0 Å². The van der Waals surface area contributed by atoms with E-state index in [4.69, 9.17) is 18.4 Å². The minimum absolute atomic E-state index is 0.259. The van der Waals surface area contributed by atoms with Gasteiger partial charge in [0.15, 0.2) is 0 Å². The van der Waals surface area contributed by atoms with Crippen LogP contribution in [0.4, 0.5) is 0 Å². The van der Waals surface area contributed by atoms with Gasteiger partial charge in [-0.2, -0.15) is 0 Å². The zero-order chi connectivity index (χ0) is 13.4. The molecule has 6 heteroatoms. The number of nitrogens with zero attached hydrogens (tertiary/aromatic N) is 1. The van der Waals surface area contributed by atoms with Crippen LogP contribution in [0.5, 0.6) is 0 Å². The molecule has 0 saturated heterocycles. The fourth-order valence-electron chi connectivity index (χ4n) is 1.89. The number of hydrogen-bond donors (Lipinski definition) is 1. The summed E-state index contributed by atoms with van der Waals surface area (Å²) < 4.78 is 17.0. The van der Waals surface area contributed by atoms with E-state index in [0.717, 1.165) is 36.5 Å². The second kappa shape index (κ2) is 8.18. The maximum Gasteiger partial charge on any atom is 0.500 e. The third kappa shape index (κ3) is 6.49. The van der Waals surface area contributed by atoms with Gasteiger partial charge in [-0.1, -0.05) is 0 Å². The highest BCUT2D eigenvalue weighted by Crippen LogP contribution is 2.16. The Morgan fingerprint density at radius 2 is 1.41 bits per heavy atom. The minimum atomic E-state index is -2.41. The van der Waals surface area contributed by atoms with E-state index in [1.165, 1.54) is 0 Å². The standard InChI is InChI=1S/C11H28NO4Si/c1-12(2,8-6-10-13)9-7-11-17(14-3,15-4)16-5/h13H,6-11H2,1-5H3/q+1. The van der Waals surface area contributed by atoms with E-state index >= 15 is 0 Å². The van der Waals surface area contributed by atoms with Crippen LogP contribution in [0, 0.1) is 0 Å². The fraction of sp³-hybridized carbons (Fsp3) is 1.00. The second-order valence-corrected chi connectivity index (χ2v) is 7.95. The van der Waals surface area contributed by atoms with Crippen LogP contribution in [0.1, 0.15) is 12.8 Å². The van der Waals surface area contributed by atoms with Crippen molar-refractivity contribution in [1.29, 1.82) is 0 Å². The summed E-state index contributed by atoms with van der Waals surface area (Å²) in [6, 6.07) is 0.831. The molecule has 0 spiro atoms. The molecule has 0 aromatic heterocycles. The molecular formula is C11H28NO4Si+. The van der Waals surface area contributed by atoms with Gasteiger partial charge in [-0.3, -0.25) is 0 Å². The topological polar surface area (TPSA) is 47.9 Å². The van der Waals surface area contributed by atoms with Crippen molar-refractivity contribution in [3.63, 3.8) is 0 Å². The fourth-order valence-corrected chi connectivity index (χ4v) is 3.59. The Morgan fingerprint density at radius 1 is 0.941 bits per heavy atom. The average molecular weight is 266 g/mol. The lowest BCUT2D eigenvalue weighted by Gasteiger charge is -2.31. The number of aliphatic hydroxyl groups excluding tert-OH is 1. The first kappa shape index (κ1) is 17.0. The molecule has 0 amide bonds. The van der Waals surface area contributed by atoms with E-state index in [2.05, 4.69) is 14.1 Å². The van der Waals surface area contributed by atoms with Crippen LogP contribution in [0.3, 0.4) is 0 Å². The normalized spacial score (nSPS) is 13.1. The molecule has 0 aliphatic heterocycles. The van der Waals surface area contributed by atoms with Crippen LogP contribution < -0.4 is 0 Å². The van der Waals surface area contributed by atoms with Crippen LogP contribution in [0.25, 0.3) is 0 Å². The highest BCUT2D eigenvalue weighted by Gasteiger charge is 2.37. The first-order valence-corrected chi connectivity index (χ1v) is 7.97. The highest BCUT2D eigenvalue weighted by atomic mass is 28.4. The maximum atomic E-state index is 8.84. The molecule has 0 bridgehead atoms.